The Kier molecular flexibility index (Phi) is 3.13. The molecule has 1 heterocycles. The number of nitrogens with zero attached hydrogens (tertiary/aromatic N) is 1. The first kappa shape index (κ1) is 12.5. The second kappa shape index (κ2) is 4.52. The van der Waals surface area contributed by atoms with Crippen LogP contribution in [0.1, 0.15) is 58.8 Å². The van der Waals surface area contributed by atoms with Crippen LogP contribution in [0.15, 0.2) is 0 Å². The van der Waals surface area contributed by atoms with Gasteiger partial charge in [0, 0.05) is 6.54 Å². The minimum Gasteiger partial charge on any atom is -0.325 e. The topological polar surface area (TPSA) is 32.3 Å². The molecule has 1 N–H and O–H groups in total. The first-order chi connectivity index (χ1) is 8.62. The van der Waals surface area contributed by atoms with Crippen LogP contribution in [-0.4, -0.2) is 29.1 Å². The summed E-state index contributed by atoms with van der Waals surface area (Å²) in [5.41, 5.74) is -0.121. The Morgan fingerprint density at radius 1 is 1.33 bits per heavy atom. The van der Waals surface area contributed by atoms with Gasteiger partial charge in [-0.15, -0.1) is 0 Å². The summed E-state index contributed by atoms with van der Waals surface area (Å²) in [5, 5.41) is 3.68. The molecule has 1 saturated heterocycles. The van der Waals surface area contributed by atoms with E-state index in [4.69, 9.17) is 0 Å². The Morgan fingerprint density at radius 2 is 2.00 bits per heavy atom. The number of hydrogen-bond acceptors (Lipinski definition) is 2. The smallest absolute Gasteiger partial charge is 0.244 e. The Balaban J connectivity index is 1.71. The van der Waals surface area contributed by atoms with Gasteiger partial charge >= 0.3 is 0 Å². The first-order valence-electron chi connectivity index (χ1n) is 7.71. The third-order valence-electron chi connectivity index (χ3n) is 4.97. The molecule has 1 atom stereocenters. The zero-order valence-corrected chi connectivity index (χ0v) is 11.7. The van der Waals surface area contributed by atoms with Gasteiger partial charge in [0.25, 0.3) is 0 Å². The Labute approximate surface area is 110 Å². The number of rotatable bonds is 4. The van der Waals surface area contributed by atoms with E-state index in [0.717, 1.165) is 25.8 Å². The molecule has 0 aromatic rings. The predicted molar refractivity (Wildman–Crippen MR) is 72.0 cm³/mol. The fraction of sp³-hybridized carbons (Fsp3) is 0.933. The second-order valence-electron chi connectivity index (χ2n) is 6.90. The van der Waals surface area contributed by atoms with Crippen LogP contribution >= 0.6 is 0 Å². The van der Waals surface area contributed by atoms with E-state index in [1.54, 1.807) is 0 Å². The lowest BCUT2D eigenvalue weighted by molar-refractivity contribution is -0.131. The molecule has 102 valence electrons. The van der Waals surface area contributed by atoms with Crippen LogP contribution in [-0.2, 0) is 4.79 Å². The molecular formula is C15H26N2O. The monoisotopic (exact) mass is 250 g/mol. The molecule has 0 aromatic heterocycles. The van der Waals surface area contributed by atoms with Crippen LogP contribution in [0.25, 0.3) is 0 Å². The third kappa shape index (κ3) is 2.07. The summed E-state index contributed by atoms with van der Waals surface area (Å²) in [5.74, 6) is 1.79. The van der Waals surface area contributed by atoms with Crippen LogP contribution in [0.3, 0.4) is 0 Å². The fourth-order valence-corrected chi connectivity index (χ4v) is 3.59. The normalized spacial score (nSPS) is 30.9. The van der Waals surface area contributed by atoms with Crippen LogP contribution in [0.5, 0.6) is 0 Å². The van der Waals surface area contributed by atoms with E-state index in [1.807, 2.05) is 0 Å². The van der Waals surface area contributed by atoms with Gasteiger partial charge in [-0.2, -0.15) is 0 Å². The maximum Gasteiger partial charge on any atom is 0.244 e. The minimum absolute atomic E-state index is 0.121. The van der Waals surface area contributed by atoms with Crippen molar-refractivity contribution in [1.29, 1.82) is 0 Å². The van der Waals surface area contributed by atoms with Gasteiger partial charge in [0.2, 0.25) is 5.91 Å². The number of carbonyl (C=O) groups is 1. The highest BCUT2D eigenvalue weighted by atomic mass is 16.2. The van der Waals surface area contributed by atoms with Crippen molar-refractivity contribution in [2.24, 2.45) is 11.8 Å². The standard InChI is InChI=1S/C15H26N2O/c1-11(2)7-10-17-13(12-5-3-4-6-12)16-15(8-9-15)14(17)18/h11-13,16H,3-10H2,1-2H3. The number of carbonyl (C=O) groups excluding carboxylic acids is 1. The van der Waals surface area contributed by atoms with Crippen molar-refractivity contribution in [3.8, 4) is 0 Å². The highest BCUT2D eigenvalue weighted by molar-refractivity contribution is 5.91. The van der Waals surface area contributed by atoms with Crippen molar-refractivity contribution in [2.45, 2.75) is 70.5 Å². The molecule has 1 spiro atoms. The van der Waals surface area contributed by atoms with Gasteiger partial charge in [0.1, 0.15) is 0 Å². The molecule has 0 aromatic carbocycles. The SMILES string of the molecule is CC(C)CCN1C(=O)C2(CC2)NC1C1CCCC1. The Bertz CT molecular complexity index is 329. The van der Waals surface area contributed by atoms with Crippen molar-refractivity contribution in [2.75, 3.05) is 6.54 Å². The molecule has 3 aliphatic rings. The molecule has 0 radical (unpaired) electrons. The van der Waals surface area contributed by atoms with E-state index < -0.39 is 0 Å². The summed E-state index contributed by atoms with van der Waals surface area (Å²) < 4.78 is 0. The molecule has 1 amide bonds. The van der Waals surface area contributed by atoms with Gasteiger partial charge < -0.3 is 4.90 Å². The minimum atomic E-state index is -0.121. The second-order valence-corrected chi connectivity index (χ2v) is 6.90. The number of hydrogen-bond donors (Lipinski definition) is 1. The van der Waals surface area contributed by atoms with E-state index in [9.17, 15) is 4.79 Å². The van der Waals surface area contributed by atoms with E-state index >= 15 is 0 Å². The van der Waals surface area contributed by atoms with Gasteiger partial charge in [-0.1, -0.05) is 26.7 Å². The van der Waals surface area contributed by atoms with E-state index in [0.29, 0.717) is 23.9 Å². The van der Waals surface area contributed by atoms with Gasteiger partial charge in [0.15, 0.2) is 0 Å². The van der Waals surface area contributed by atoms with E-state index in [2.05, 4.69) is 24.1 Å². The Morgan fingerprint density at radius 3 is 2.56 bits per heavy atom. The number of nitrogens with one attached hydrogen (secondary N) is 1. The molecule has 1 unspecified atom stereocenters. The summed E-state index contributed by atoms with van der Waals surface area (Å²) in [6, 6.07) is 0. The van der Waals surface area contributed by atoms with Crippen LogP contribution in [0, 0.1) is 11.8 Å². The van der Waals surface area contributed by atoms with Gasteiger partial charge in [-0.25, -0.2) is 0 Å². The van der Waals surface area contributed by atoms with Crippen molar-refractivity contribution < 1.29 is 4.79 Å². The molecule has 3 heteroatoms. The van der Waals surface area contributed by atoms with Crippen molar-refractivity contribution >= 4 is 5.91 Å². The molecule has 2 aliphatic carbocycles. The Hall–Kier alpha value is -0.570. The largest absolute Gasteiger partial charge is 0.325 e. The molecule has 3 nitrogen and oxygen atoms in total. The summed E-state index contributed by atoms with van der Waals surface area (Å²) >= 11 is 0. The average molecular weight is 250 g/mol. The zero-order chi connectivity index (χ0) is 12.8. The van der Waals surface area contributed by atoms with Crippen LogP contribution < -0.4 is 5.32 Å². The summed E-state index contributed by atoms with van der Waals surface area (Å²) in [6.45, 7) is 5.43. The molecule has 2 saturated carbocycles. The van der Waals surface area contributed by atoms with E-state index in [-0.39, 0.29) is 5.54 Å². The number of amides is 1. The molecule has 18 heavy (non-hydrogen) atoms. The highest BCUT2D eigenvalue weighted by Crippen LogP contribution is 2.45. The summed E-state index contributed by atoms with van der Waals surface area (Å²) in [4.78, 5) is 14.7. The summed E-state index contributed by atoms with van der Waals surface area (Å²) in [7, 11) is 0. The van der Waals surface area contributed by atoms with Crippen LogP contribution in [0.4, 0.5) is 0 Å². The predicted octanol–water partition coefficient (Wildman–Crippen LogP) is 2.51. The molecule has 1 aliphatic heterocycles. The fourth-order valence-electron chi connectivity index (χ4n) is 3.59. The lowest BCUT2D eigenvalue weighted by Gasteiger charge is -2.29. The molecule has 3 fully saturated rings. The molecule has 3 rings (SSSR count). The van der Waals surface area contributed by atoms with Gasteiger partial charge in [-0.05, 0) is 43.9 Å². The van der Waals surface area contributed by atoms with Gasteiger partial charge in [-0.3, -0.25) is 10.1 Å². The maximum atomic E-state index is 12.5. The lowest BCUT2D eigenvalue weighted by atomic mass is 10.0. The third-order valence-corrected chi connectivity index (χ3v) is 4.97. The molecular weight excluding hydrogens is 224 g/mol. The first-order valence-corrected chi connectivity index (χ1v) is 7.71. The van der Waals surface area contributed by atoms with Crippen molar-refractivity contribution in [1.82, 2.24) is 10.2 Å². The van der Waals surface area contributed by atoms with Gasteiger partial charge in [0.05, 0.1) is 11.7 Å². The maximum absolute atomic E-state index is 12.5. The quantitative estimate of drug-likeness (QED) is 0.831. The lowest BCUT2D eigenvalue weighted by Crippen LogP contribution is -2.43. The van der Waals surface area contributed by atoms with Crippen molar-refractivity contribution in [3.63, 3.8) is 0 Å². The highest BCUT2D eigenvalue weighted by Gasteiger charge is 2.60. The molecule has 0 bridgehead atoms. The zero-order valence-electron chi connectivity index (χ0n) is 11.7. The van der Waals surface area contributed by atoms with E-state index in [1.165, 1.54) is 25.7 Å². The summed E-state index contributed by atoms with van der Waals surface area (Å²) in [6.07, 6.45) is 8.91. The average Bonchev–Trinajstić information content (AvgIpc) is 2.82. The van der Waals surface area contributed by atoms with Crippen LogP contribution in [0.2, 0.25) is 0 Å². The van der Waals surface area contributed by atoms with Crippen molar-refractivity contribution in [3.05, 3.63) is 0 Å².